The second-order valence-corrected chi connectivity index (χ2v) is 6.80. The molecule has 10 heteroatoms. The standard InChI is InChI=1S/C15H20F2N4O4/c16-15(17)3-1-9(2-4-15)11(22)8-21-12(23)10-7-19(13(18)24)5-6-20(10)14(21)25/h9-10H,1-8H2,(H2,18,24). The number of fused-ring (bicyclic) bond motifs is 1. The lowest BCUT2D eigenvalue weighted by Crippen LogP contribution is -2.55. The van der Waals surface area contributed by atoms with Crippen molar-refractivity contribution in [2.45, 2.75) is 37.6 Å². The first-order valence-electron chi connectivity index (χ1n) is 8.26. The third kappa shape index (κ3) is 3.29. The average molecular weight is 358 g/mol. The summed E-state index contributed by atoms with van der Waals surface area (Å²) in [6, 6.07) is -2.08. The zero-order chi connectivity index (χ0) is 18.4. The number of urea groups is 2. The predicted octanol–water partition coefficient (Wildman–Crippen LogP) is 0.408. The van der Waals surface area contributed by atoms with Gasteiger partial charge < -0.3 is 15.5 Å². The van der Waals surface area contributed by atoms with E-state index < -0.39 is 42.4 Å². The largest absolute Gasteiger partial charge is 0.351 e. The molecule has 2 N–H and O–H groups in total. The molecule has 3 aliphatic rings. The molecule has 0 spiro atoms. The average Bonchev–Trinajstić information content (AvgIpc) is 2.79. The Morgan fingerprint density at radius 1 is 1.16 bits per heavy atom. The molecule has 1 atom stereocenters. The van der Waals surface area contributed by atoms with E-state index in [1.807, 2.05) is 0 Å². The zero-order valence-electron chi connectivity index (χ0n) is 13.6. The highest BCUT2D eigenvalue weighted by atomic mass is 19.3. The molecular formula is C15H20F2N4O4. The molecule has 0 aromatic heterocycles. The molecule has 0 radical (unpaired) electrons. The third-order valence-electron chi connectivity index (χ3n) is 5.21. The molecule has 0 aromatic carbocycles. The summed E-state index contributed by atoms with van der Waals surface area (Å²) < 4.78 is 26.4. The van der Waals surface area contributed by atoms with Crippen LogP contribution in [0.4, 0.5) is 18.4 Å². The number of Topliss-reactive ketones (excluding diaryl/α,β-unsaturated/α-hetero) is 1. The van der Waals surface area contributed by atoms with Gasteiger partial charge in [-0.15, -0.1) is 0 Å². The van der Waals surface area contributed by atoms with Gasteiger partial charge in [-0.3, -0.25) is 14.5 Å². The molecule has 25 heavy (non-hydrogen) atoms. The molecule has 5 amide bonds. The van der Waals surface area contributed by atoms with E-state index in [1.165, 1.54) is 9.80 Å². The van der Waals surface area contributed by atoms with Crippen molar-refractivity contribution in [3.05, 3.63) is 0 Å². The van der Waals surface area contributed by atoms with Crippen LogP contribution in [0, 0.1) is 5.92 Å². The summed E-state index contributed by atoms with van der Waals surface area (Å²) in [5, 5.41) is 0. The Hall–Kier alpha value is -2.26. The van der Waals surface area contributed by atoms with Gasteiger partial charge in [-0.2, -0.15) is 0 Å². The van der Waals surface area contributed by atoms with Gasteiger partial charge in [0.2, 0.25) is 5.92 Å². The number of nitrogens with zero attached hydrogens (tertiary/aromatic N) is 3. The Morgan fingerprint density at radius 3 is 2.40 bits per heavy atom. The maximum atomic E-state index is 13.2. The van der Waals surface area contributed by atoms with E-state index in [1.54, 1.807) is 0 Å². The normalized spacial score (nSPS) is 26.8. The summed E-state index contributed by atoms with van der Waals surface area (Å²) in [6.07, 6.45) is -0.587. The SMILES string of the molecule is NC(=O)N1CCN2C(=O)N(CC(=O)C3CCC(F)(F)CC3)C(=O)C2C1. The lowest BCUT2D eigenvalue weighted by molar-refractivity contribution is -0.135. The highest BCUT2D eigenvalue weighted by Crippen LogP contribution is 2.36. The molecule has 8 nitrogen and oxygen atoms in total. The van der Waals surface area contributed by atoms with Crippen molar-refractivity contribution in [1.29, 1.82) is 0 Å². The van der Waals surface area contributed by atoms with E-state index in [4.69, 9.17) is 5.73 Å². The summed E-state index contributed by atoms with van der Waals surface area (Å²) in [5.74, 6) is -4.22. The quantitative estimate of drug-likeness (QED) is 0.738. The molecule has 3 fully saturated rings. The fourth-order valence-corrected chi connectivity index (χ4v) is 3.65. The molecule has 0 bridgehead atoms. The Balaban J connectivity index is 1.63. The number of carbonyl (C=O) groups excluding carboxylic acids is 4. The highest BCUT2D eigenvalue weighted by Gasteiger charge is 2.49. The monoisotopic (exact) mass is 358 g/mol. The van der Waals surface area contributed by atoms with Gasteiger partial charge in [0.05, 0.1) is 13.1 Å². The molecular weight excluding hydrogens is 338 g/mol. The Morgan fingerprint density at radius 2 is 1.80 bits per heavy atom. The summed E-state index contributed by atoms with van der Waals surface area (Å²) >= 11 is 0. The number of primary amides is 1. The minimum absolute atomic E-state index is 0.000246. The predicted molar refractivity (Wildman–Crippen MR) is 80.7 cm³/mol. The molecule has 1 saturated carbocycles. The van der Waals surface area contributed by atoms with Crippen molar-refractivity contribution in [3.8, 4) is 0 Å². The molecule has 1 unspecified atom stereocenters. The second-order valence-electron chi connectivity index (χ2n) is 6.80. The van der Waals surface area contributed by atoms with Gasteiger partial charge in [0.25, 0.3) is 5.91 Å². The van der Waals surface area contributed by atoms with Crippen LogP contribution in [0.3, 0.4) is 0 Å². The maximum absolute atomic E-state index is 13.2. The van der Waals surface area contributed by atoms with Gasteiger partial charge in [-0.05, 0) is 12.8 Å². The molecule has 2 saturated heterocycles. The van der Waals surface area contributed by atoms with Crippen LogP contribution < -0.4 is 5.73 Å². The van der Waals surface area contributed by atoms with Gasteiger partial charge in [-0.25, -0.2) is 18.4 Å². The molecule has 2 aliphatic heterocycles. The molecule has 1 aliphatic carbocycles. The Labute approximate surface area is 142 Å². The van der Waals surface area contributed by atoms with E-state index in [9.17, 15) is 28.0 Å². The summed E-state index contributed by atoms with van der Waals surface area (Å²) in [5.41, 5.74) is 5.21. The number of ketones is 1. The first kappa shape index (κ1) is 17.6. The molecule has 3 rings (SSSR count). The van der Waals surface area contributed by atoms with E-state index >= 15 is 0 Å². The van der Waals surface area contributed by atoms with Crippen molar-refractivity contribution in [3.63, 3.8) is 0 Å². The smallest absolute Gasteiger partial charge is 0.327 e. The van der Waals surface area contributed by atoms with E-state index in [-0.39, 0.29) is 51.1 Å². The number of imide groups is 1. The maximum Gasteiger partial charge on any atom is 0.327 e. The van der Waals surface area contributed by atoms with Gasteiger partial charge in [0, 0.05) is 31.8 Å². The van der Waals surface area contributed by atoms with Gasteiger partial charge >= 0.3 is 12.1 Å². The number of hydrogen-bond donors (Lipinski definition) is 1. The first-order chi connectivity index (χ1) is 11.7. The molecule has 0 aromatic rings. The number of nitrogens with two attached hydrogens (primary N) is 1. The molecule has 2 heterocycles. The van der Waals surface area contributed by atoms with E-state index in [2.05, 4.69) is 0 Å². The van der Waals surface area contributed by atoms with Gasteiger partial charge in [0.1, 0.15) is 6.04 Å². The van der Waals surface area contributed by atoms with Crippen molar-refractivity contribution >= 4 is 23.8 Å². The topological polar surface area (TPSA) is 104 Å². The van der Waals surface area contributed by atoms with Crippen molar-refractivity contribution in [1.82, 2.24) is 14.7 Å². The number of piperazine rings is 1. The van der Waals surface area contributed by atoms with Crippen LogP contribution in [0.25, 0.3) is 0 Å². The number of amides is 5. The Bertz CT molecular complexity index is 617. The van der Waals surface area contributed by atoms with Crippen molar-refractivity contribution in [2.24, 2.45) is 11.7 Å². The first-order valence-corrected chi connectivity index (χ1v) is 8.26. The van der Waals surface area contributed by atoms with Crippen LogP contribution >= 0.6 is 0 Å². The second kappa shape index (κ2) is 6.23. The number of rotatable bonds is 3. The van der Waals surface area contributed by atoms with Gasteiger partial charge in [0.15, 0.2) is 5.78 Å². The number of halogens is 2. The minimum atomic E-state index is -2.74. The van der Waals surface area contributed by atoms with Crippen molar-refractivity contribution in [2.75, 3.05) is 26.2 Å². The highest BCUT2D eigenvalue weighted by molar-refractivity contribution is 6.07. The number of hydrogen-bond acceptors (Lipinski definition) is 4. The summed E-state index contributed by atoms with van der Waals surface area (Å²) in [6.45, 7) is -0.0133. The summed E-state index contributed by atoms with van der Waals surface area (Å²) in [7, 11) is 0. The van der Waals surface area contributed by atoms with Gasteiger partial charge in [-0.1, -0.05) is 0 Å². The van der Waals surface area contributed by atoms with Crippen LogP contribution in [0.2, 0.25) is 0 Å². The number of carbonyl (C=O) groups is 4. The third-order valence-corrected chi connectivity index (χ3v) is 5.21. The fourth-order valence-electron chi connectivity index (χ4n) is 3.65. The van der Waals surface area contributed by atoms with Crippen LogP contribution in [-0.2, 0) is 9.59 Å². The Kier molecular flexibility index (Phi) is 4.38. The lowest BCUT2D eigenvalue weighted by Gasteiger charge is -2.34. The van der Waals surface area contributed by atoms with E-state index in [0.29, 0.717) is 0 Å². The summed E-state index contributed by atoms with van der Waals surface area (Å²) in [4.78, 5) is 51.9. The van der Waals surface area contributed by atoms with Crippen LogP contribution in [-0.4, -0.2) is 76.6 Å². The van der Waals surface area contributed by atoms with Crippen molar-refractivity contribution < 1.29 is 28.0 Å². The van der Waals surface area contributed by atoms with Crippen LogP contribution in [0.15, 0.2) is 0 Å². The lowest BCUT2D eigenvalue weighted by atomic mass is 9.84. The number of alkyl halides is 2. The van der Waals surface area contributed by atoms with Crippen LogP contribution in [0.5, 0.6) is 0 Å². The van der Waals surface area contributed by atoms with E-state index in [0.717, 1.165) is 4.90 Å². The molecule has 138 valence electrons. The zero-order valence-corrected chi connectivity index (χ0v) is 13.6. The fraction of sp³-hybridized carbons (Fsp3) is 0.733. The minimum Gasteiger partial charge on any atom is -0.351 e. The van der Waals surface area contributed by atoms with Crippen LogP contribution in [0.1, 0.15) is 25.7 Å².